The van der Waals surface area contributed by atoms with Crippen LogP contribution in [-0.2, 0) is 25.5 Å². The van der Waals surface area contributed by atoms with Crippen molar-refractivity contribution in [2.75, 3.05) is 11.9 Å². The zero-order chi connectivity index (χ0) is 16.2. The van der Waals surface area contributed by atoms with E-state index in [0.717, 1.165) is 0 Å². The van der Waals surface area contributed by atoms with Crippen LogP contribution in [-0.4, -0.2) is 59.3 Å². The smallest absolute Gasteiger partial charge is 0.334 e. The Kier molecular flexibility index (Phi) is 6.64. The number of alkyl halides is 4. The number of esters is 1. The molecule has 0 saturated carbocycles. The Hall–Kier alpha value is 0.850. The van der Waals surface area contributed by atoms with Crippen molar-refractivity contribution in [3.63, 3.8) is 0 Å². The highest BCUT2D eigenvalue weighted by atomic mass is 79.9. The maximum atomic E-state index is 12.5. The van der Waals surface area contributed by atoms with Crippen LogP contribution < -0.4 is 5.73 Å². The van der Waals surface area contributed by atoms with Crippen LogP contribution in [0.2, 0.25) is 0 Å². The highest BCUT2D eigenvalue weighted by molar-refractivity contribution is 9.09. The molecular formula is C10H13BrCl4N2O4S. The van der Waals surface area contributed by atoms with Gasteiger partial charge in [0.2, 0.25) is 9.17 Å². The zero-order valence-corrected chi connectivity index (χ0v) is 16.6. The Bertz CT molecular complexity index is 482. The standard InChI is InChI=1S/C10H12BrCl3N2O4S.ClH/c1-9(2-11)5(8(18)20-3-10(12,13)14)16-6(17)4(15)7(16)21(9)19;/h4-5,7H,2-3,15H2,1H3;1H/t4?,5?,7-,9?,21?;/m0./s1. The molecule has 2 N–H and O–H groups in total. The summed E-state index contributed by atoms with van der Waals surface area (Å²) in [6, 6.07) is -1.89. The third kappa shape index (κ3) is 3.31. The minimum Gasteiger partial charge on any atom is -0.614 e. The van der Waals surface area contributed by atoms with Gasteiger partial charge in [0, 0.05) is 0 Å². The van der Waals surface area contributed by atoms with Gasteiger partial charge >= 0.3 is 5.97 Å². The average molecular weight is 479 g/mol. The van der Waals surface area contributed by atoms with Gasteiger partial charge in [-0.1, -0.05) is 50.7 Å². The fraction of sp³-hybridized carbons (Fsp3) is 0.800. The molecule has 0 aromatic heterocycles. The average Bonchev–Trinajstić information content (AvgIpc) is 2.62. The molecule has 2 aliphatic heterocycles. The second-order valence-electron chi connectivity index (χ2n) is 5.03. The van der Waals surface area contributed by atoms with Crippen LogP contribution in [0.1, 0.15) is 6.92 Å². The van der Waals surface area contributed by atoms with E-state index in [9.17, 15) is 14.1 Å². The molecule has 0 aliphatic carbocycles. The van der Waals surface area contributed by atoms with Crippen molar-refractivity contribution in [2.45, 2.75) is 32.9 Å². The largest absolute Gasteiger partial charge is 0.614 e. The lowest BCUT2D eigenvalue weighted by molar-refractivity contribution is -0.162. The lowest BCUT2D eigenvalue weighted by Gasteiger charge is -2.39. The molecule has 0 bridgehead atoms. The molecule has 6 nitrogen and oxygen atoms in total. The number of nitrogens with two attached hydrogens (primary N) is 1. The van der Waals surface area contributed by atoms with E-state index in [1.807, 2.05) is 0 Å². The van der Waals surface area contributed by atoms with Crippen LogP contribution in [0.15, 0.2) is 0 Å². The summed E-state index contributed by atoms with van der Waals surface area (Å²) in [5.74, 6) is -1.20. The van der Waals surface area contributed by atoms with E-state index >= 15 is 0 Å². The minimum atomic E-state index is -1.76. The Balaban J connectivity index is 0.00000242. The summed E-state index contributed by atoms with van der Waals surface area (Å²) in [7, 11) is 0. The van der Waals surface area contributed by atoms with Crippen LogP contribution in [0.5, 0.6) is 0 Å². The maximum Gasteiger partial charge on any atom is 0.334 e. The second kappa shape index (κ2) is 7.00. The normalized spacial score (nSPS) is 37.2. The molecule has 128 valence electrons. The van der Waals surface area contributed by atoms with Gasteiger partial charge in [-0.15, -0.1) is 12.4 Å². The summed E-state index contributed by atoms with van der Waals surface area (Å²) in [6.45, 7) is 1.16. The molecule has 1 amide bonds. The van der Waals surface area contributed by atoms with Crippen molar-refractivity contribution in [2.24, 2.45) is 5.73 Å². The summed E-state index contributed by atoms with van der Waals surface area (Å²) in [4.78, 5) is 25.4. The van der Waals surface area contributed by atoms with Gasteiger partial charge in [0.25, 0.3) is 5.91 Å². The number of hydrogen-bond donors (Lipinski definition) is 1. The molecule has 2 rings (SSSR count). The molecule has 4 unspecified atom stereocenters. The molecule has 0 aromatic rings. The Labute approximate surface area is 160 Å². The van der Waals surface area contributed by atoms with Gasteiger partial charge in [0.15, 0.2) is 16.8 Å². The van der Waals surface area contributed by atoms with Crippen molar-refractivity contribution in [1.29, 1.82) is 0 Å². The number of nitrogens with zero attached hydrogens (tertiary/aromatic N) is 1. The zero-order valence-electron chi connectivity index (χ0n) is 11.1. The van der Waals surface area contributed by atoms with Crippen LogP contribution in [0.3, 0.4) is 0 Å². The number of hydrogen-bond acceptors (Lipinski definition) is 5. The first-order chi connectivity index (χ1) is 9.54. The van der Waals surface area contributed by atoms with Crippen molar-refractivity contribution < 1.29 is 18.9 Å². The van der Waals surface area contributed by atoms with Gasteiger partial charge in [-0.2, -0.15) is 0 Å². The number of carbonyl (C=O) groups excluding carboxylic acids is 2. The Morgan fingerprint density at radius 2 is 2.14 bits per heavy atom. The Morgan fingerprint density at radius 3 is 2.59 bits per heavy atom. The molecule has 2 fully saturated rings. The fourth-order valence-electron chi connectivity index (χ4n) is 2.42. The Morgan fingerprint density at radius 1 is 1.59 bits per heavy atom. The van der Waals surface area contributed by atoms with Crippen molar-refractivity contribution >= 4 is 86.2 Å². The van der Waals surface area contributed by atoms with E-state index < -0.39 is 55.7 Å². The predicted molar refractivity (Wildman–Crippen MR) is 91.2 cm³/mol. The first kappa shape index (κ1) is 20.9. The summed E-state index contributed by atoms with van der Waals surface area (Å²) >= 11 is 18.3. The molecule has 2 heterocycles. The van der Waals surface area contributed by atoms with Crippen molar-refractivity contribution in [3.8, 4) is 0 Å². The van der Waals surface area contributed by atoms with E-state index in [4.69, 9.17) is 45.3 Å². The number of fused-ring (bicyclic) bond motifs is 1. The van der Waals surface area contributed by atoms with E-state index in [1.54, 1.807) is 6.92 Å². The van der Waals surface area contributed by atoms with E-state index in [1.165, 1.54) is 4.90 Å². The van der Waals surface area contributed by atoms with Gasteiger partial charge in [0.1, 0.15) is 6.61 Å². The number of rotatable bonds is 3. The van der Waals surface area contributed by atoms with Gasteiger partial charge in [-0.25, -0.2) is 4.79 Å². The third-order valence-electron chi connectivity index (χ3n) is 3.52. The van der Waals surface area contributed by atoms with Crippen LogP contribution in [0, 0.1) is 0 Å². The van der Waals surface area contributed by atoms with E-state index in [0.29, 0.717) is 0 Å². The lowest BCUT2D eigenvalue weighted by Crippen LogP contribution is -2.70. The van der Waals surface area contributed by atoms with Gasteiger partial charge in [-0.3, -0.25) is 9.69 Å². The number of amides is 1. The molecule has 22 heavy (non-hydrogen) atoms. The summed E-state index contributed by atoms with van der Waals surface area (Å²) in [6.07, 6.45) is 0. The van der Waals surface area contributed by atoms with Gasteiger partial charge < -0.3 is 15.0 Å². The number of carbonyl (C=O) groups is 2. The number of ether oxygens (including phenoxy) is 1. The van der Waals surface area contributed by atoms with E-state index in [-0.39, 0.29) is 17.7 Å². The predicted octanol–water partition coefficient (Wildman–Crippen LogP) is 1.10. The summed E-state index contributed by atoms with van der Waals surface area (Å²) < 4.78 is 14.7. The summed E-state index contributed by atoms with van der Waals surface area (Å²) in [5.41, 5.74) is 5.66. The molecule has 5 atom stereocenters. The fourth-order valence-corrected chi connectivity index (χ4v) is 5.47. The van der Waals surface area contributed by atoms with Crippen molar-refractivity contribution in [1.82, 2.24) is 4.90 Å². The number of halogens is 5. The molecule has 12 heteroatoms. The number of β-lactam (4-membered cyclic amide) rings is 1. The highest BCUT2D eigenvalue weighted by Gasteiger charge is 2.73. The summed E-state index contributed by atoms with van der Waals surface area (Å²) in [5, 5.41) is -0.460. The van der Waals surface area contributed by atoms with Crippen molar-refractivity contribution in [3.05, 3.63) is 0 Å². The van der Waals surface area contributed by atoms with Gasteiger partial charge in [0.05, 0.1) is 5.33 Å². The molecule has 0 spiro atoms. The molecule has 2 aliphatic rings. The first-order valence-corrected chi connectivity index (χ1v) is 9.29. The van der Waals surface area contributed by atoms with Crippen LogP contribution in [0.25, 0.3) is 0 Å². The van der Waals surface area contributed by atoms with E-state index in [2.05, 4.69) is 15.9 Å². The second-order valence-corrected chi connectivity index (χ2v) is 10.1. The lowest BCUT2D eigenvalue weighted by atomic mass is 9.96. The molecule has 0 aromatic carbocycles. The third-order valence-corrected chi connectivity index (χ3v) is 7.63. The maximum absolute atomic E-state index is 12.5. The van der Waals surface area contributed by atoms with Gasteiger partial charge in [-0.05, 0) is 18.1 Å². The van der Waals surface area contributed by atoms with Crippen LogP contribution in [0.4, 0.5) is 0 Å². The quantitative estimate of drug-likeness (QED) is 0.283. The van der Waals surface area contributed by atoms with Crippen LogP contribution >= 0.6 is 63.1 Å². The monoisotopic (exact) mass is 476 g/mol. The molecule has 0 radical (unpaired) electrons. The minimum absolute atomic E-state index is 0. The topological polar surface area (TPSA) is 95.7 Å². The SMILES string of the molecule is CC1(CBr)C(C(=O)OCC(Cl)(Cl)Cl)N2C(=O)C(N)[C@@H]2[S+]1[O-].Cl. The molecule has 2 saturated heterocycles. The highest BCUT2D eigenvalue weighted by Crippen LogP contribution is 2.46. The molecular weight excluding hydrogens is 466 g/mol. The first-order valence-electron chi connectivity index (χ1n) is 5.82.